The quantitative estimate of drug-likeness (QED) is 0.593. The number of anilines is 2. The Labute approximate surface area is 181 Å². The van der Waals surface area contributed by atoms with E-state index in [4.69, 9.17) is 26.4 Å². The van der Waals surface area contributed by atoms with Crippen molar-refractivity contribution in [1.82, 2.24) is 24.6 Å². The summed E-state index contributed by atoms with van der Waals surface area (Å²) in [7, 11) is 4.07. The topological polar surface area (TPSA) is 80.1 Å². The monoisotopic (exact) mass is 429 g/mol. The number of rotatable bonds is 7. The van der Waals surface area contributed by atoms with Crippen LogP contribution in [0.4, 0.5) is 11.6 Å². The van der Waals surface area contributed by atoms with Crippen LogP contribution < -0.4 is 10.6 Å². The number of ether oxygens (including phenoxy) is 1. The van der Waals surface area contributed by atoms with Gasteiger partial charge >= 0.3 is 0 Å². The minimum atomic E-state index is -0.350. The van der Waals surface area contributed by atoms with Crippen LogP contribution in [0.25, 0.3) is 11.0 Å². The van der Waals surface area contributed by atoms with Crippen LogP contribution in [0.1, 0.15) is 31.2 Å². The molecule has 2 aromatic heterocycles. The van der Waals surface area contributed by atoms with E-state index >= 15 is 0 Å². The zero-order valence-corrected chi connectivity index (χ0v) is 18.6. The number of hydrogen-bond acceptors (Lipinski definition) is 7. The molecule has 9 heteroatoms. The molecule has 0 saturated heterocycles. The summed E-state index contributed by atoms with van der Waals surface area (Å²) in [6, 6.07) is 5.78. The van der Waals surface area contributed by atoms with Crippen molar-refractivity contribution in [1.29, 1.82) is 0 Å². The molecule has 3 heterocycles. The minimum Gasteiger partial charge on any atom is -0.362 e. The number of nitrogens with one attached hydrogen (secondary N) is 2. The summed E-state index contributed by atoms with van der Waals surface area (Å²) in [6.45, 7) is 7.16. The number of benzene rings is 1. The molecular formula is C21H28ClN7O. The molecule has 0 aliphatic carbocycles. The third kappa shape index (κ3) is 4.50. The highest BCUT2D eigenvalue weighted by Gasteiger charge is 2.28. The van der Waals surface area contributed by atoms with Gasteiger partial charge in [-0.3, -0.25) is 4.68 Å². The molecule has 1 aliphatic heterocycles. The van der Waals surface area contributed by atoms with E-state index in [-0.39, 0.29) is 6.10 Å². The first-order valence-corrected chi connectivity index (χ1v) is 10.6. The van der Waals surface area contributed by atoms with Crippen molar-refractivity contribution in [3.05, 3.63) is 40.7 Å². The fourth-order valence-corrected chi connectivity index (χ4v) is 3.72. The van der Waals surface area contributed by atoms with Crippen molar-refractivity contribution >= 4 is 34.3 Å². The lowest BCUT2D eigenvalue weighted by atomic mass is 10.0. The van der Waals surface area contributed by atoms with E-state index in [1.807, 2.05) is 43.2 Å². The molecule has 8 nitrogen and oxygen atoms in total. The number of aromatic nitrogens is 4. The van der Waals surface area contributed by atoms with Crippen LogP contribution in [0.15, 0.2) is 24.4 Å². The highest BCUT2D eigenvalue weighted by Crippen LogP contribution is 2.38. The van der Waals surface area contributed by atoms with Gasteiger partial charge in [-0.2, -0.15) is 10.1 Å². The molecule has 3 aromatic rings. The number of fused-ring (bicyclic) bond motifs is 2. The standard InChI is InChI=1S/C21H28ClN7O/c1-13(2)10-29-11-16-18(19-15-9-14(22)5-6-17(15)24-12-30-19)25-21(26-20(16)27-29)23-7-8-28(3)4/h5-6,9,11,13,19,24H,7-8,10,12H2,1-4H3,(H,23,26,27). The summed E-state index contributed by atoms with van der Waals surface area (Å²) >= 11 is 6.29. The maximum Gasteiger partial charge on any atom is 0.225 e. The van der Waals surface area contributed by atoms with Crippen LogP contribution in [0.3, 0.4) is 0 Å². The largest absolute Gasteiger partial charge is 0.362 e. The van der Waals surface area contributed by atoms with Gasteiger partial charge in [0.2, 0.25) is 5.95 Å². The van der Waals surface area contributed by atoms with Gasteiger partial charge in [-0.1, -0.05) is 25.4 Å². The summed E-state index contributed by atoms with van der Waals surface area (Å²) in [5.41, 5.74) is 3.43. The Morgan fingerprint density at radius 3 is 2.93 bits per heavy atom. The van der Waals surface area contributed by atoms with Crippen molar-refractivity contribution in [2.75, 3.05) is 44.5 Å². The van der Waals surface area contributed by atoms with Crippen LogP contribution in [0, 0.1) is 5.92 Å². The third-order valence-electron chi connectivity index (χ3n) is 4.91. The SMILES string of the molecule is CC(C)Cn1cc2c(C3OCNc4ccc(Cl)cc43)nc(NCCN(C)C)nc2n1. The summed E-state index contributed by atoms with van der Waals surface area (Å²) in [4.78, 5) is 11.6. The van der Waals surface area contributed by atoms with Crippen LogP contribution in [-0.4, -0.2) is 58.6 Å². The van der Waals surface area contributed by atoms with Crippen molar-refractivity contribution in [3.8, 4) is 0 Å². The number of halogens is 1. The third-order valence-corrected chi connectivity index (χ3v) is 5.14. The van der Waals surface area contributed by atoms with Crippen LogP contribution in [0.2, 0.25) is 5.02 Å². The zero-order chi connectivity index (χ0) is 21.3. The first kappa shape index (κ1) is 20.8. The zero-order valence-electron chi connectivity index (χ0n) is 17.8. The predicted octanol–water partition coefficient (Wildman–Crippen LogP) is 3.60. The van der Waals surface area contributed by atoms with Crippen LogP contribution in [0.5, 0.6) is 0 Å². The maximum absolute atomic E-state index is 6.29. The molecule has 0 fully saturated rings. The molecule has 2 N–H and O–H groups in total. The lowest BCUT2D eigenvalue weighted by Crippen LogP contribution is -2.23. The second-order valence-electron chi connectivity index (χ2n) is 8.24. The molecule has 0 amide bonds. The normalized spacial score (nSPS) is 16.2. The van der Waals surface area contributed by atoms with Gasteiger partial charge in [0.25, 0.3) is 0 Å². The lowest BCUT2D eigenvalue weighted by Gasteiger charge is -2.27. The summed E-state index contributed by atoms with van der Waals surface area (Å²) < 4.78 is 8.05. The first-order chi connectivity index (χ1) is 14.4. The molecule has 1 unspecified atom stereocenters. The first-order valence-electron chi connectivity index (χ1n) is 10.2. The Balaban J connectivity index is 1.79. The maximum atomic E-state index is 6.29. The Hall–Kier alpha value is -2.42. The molecule has 1 aromatic carbocycles. The van der Waals surface area contributed by atoms with Gasteiger partial charge in [-0.05, 0) is 38.2 Å². The minimum absolute atomic E-state index is 0.350. The highest BCUT2D eigenvalue weighted by molar-refractivity contribution is 6.30. The second kappa shape index (κ2) is 8.75. The average Bonchev–Trinajstić information content (AvgIpc) is 3.08. The lowest BCUT2D eigenvalue weighted by molar-refractivity contribution is 0.0858. The highest BCUT2D eigenvalue weighted by atomic mass is 35.5. The van der Waals surface area contributed by atoms with Crippen LogP contribution in [-0.2, 0) is 11.3 Å². The van der Waals surface area contributed by atoms with E-state index in [0.29, 0.717) is 29.3 Å². The molecule has 1 atom stereocenters. The van der Waals surface area contributed by atoms with Gasteiger partial charge in [-0.25, -0.2) is 4.98 Å². The molecule has 4 rings (SSSR count). The van der Waals surface area contributed by atoms with Crippen molar-refractivity contribution in [2.45, 2.75) is 26.5 Å². The average molecular weight is 430 g/mol. The molecule has 0 bridgehead atoms. The van der Waals surface area contributed by atoms with Gasteiger partial charge in [0.15, 0.2) is 5.65 Å². The van der Waals surface area contributed by atoms with Gasteiger partial charge < -0.3 is 20.3 Å². The van der Waals surface area contributed by atoms with Gasteiger partial charge in [0.05, 0.1) is 11.1 Å². The molecule has 0 saturated carbocycles. The summed E-state index contributed by atoms with van der Waals surface area (Å²) in [5.74, 6) is 1.03. The predicted molar refractivity (Wildman–Crippen MR) is 120 cm³/mol. The Morgan fingerprint density at radius 1 is 1.33 bits per heavy atom. The Bertz CT molecular complexity index is 1030. The summed E-state index contributed by atoms with van der Waals surface area (Å²) in [5, 5.41) is 12.8. The van der Waals surface area contributed by atoms with E-state index < -0.39 is 0 Å². The van der Waals surface area contributed by atoms with Gasteiger partial charge in [-0.15, -0.1) is 0 Å². The van der Waals surface area contributed by atoms with E-state index in [1.165, 1.54) is 0 Å². The van der Waals surface area contributed by atoms with Crippen LogP contribution >= 0.6 is 11.6 Å². The molecule has 30 heavy (non-hydrogen) atoms. The number of hydrogen-bond donors (Lipinski definition) is 2. The van der Waals surface area contributed by atoms with Gasteiger partial charge in [0, 0.05) is 42.1 Å². The van der Waals surface area contributed by atoms with Crippen molar-refractivity contribution in [2.24, 2.45) is 5.92 Å². The van der Waals surface area contributed by atoms with E-state index in [0.717, 1.165) is 42.0 Å². The van der Waals surface area contributed by atoms with Crippen molar-refractivity contribution in [3.63, 3.8) is 0 Å². The van der Waals surface area contributed by atoms with Gasteiger partial charge in [0.1, 0.15) is 12.8 Å². The molecule has 160 valence electrons. The summed E-state index contributed by atoms with van der Waals surface area (Å²) in [6.07, 6.45) is 1.67. The Kier molecular flexibility index (Phi) is 6.08. The Morgan fingerprint density at radius 2 is 2.17 bits per heavy atom. The smallest absolute Gasteiger partial charge is 0.225 e. The molecule has 0 spiro atoms. The fraction of sp³-hybridized carbons (Fsp3) is 0.476. The number of nitrogens with zero attached hydrogens (tertiary/aromatic N) is 5. The molecular weight excluding hydrogens is 402 g/mol. The van der Waals surface area contributed by atoms with E-state index in [2.05, 4.69) is 34.4 Å². The molecule has 1 aliphatic rings. The van der Waals surface area contributed by atoms with Crippen molar-refractivity contribution < 1.29 is 4.74 Å². The number of likely N-dealkylation sites (N-methyl/N-ethyl adjacent to an activating group) is 1. The molecule has 0 radical (unpaired) electrons. The van der Waals surface area contributed by atoms with E-state index in [9.17, 15) is 0 Å². The van der Waals surface area contributed by atoms with E-state index in [1.54, 1.807) is 0 Å². The fourth-order valence-electron chi connectivity index (χ4n) is 3.54. The second-order valence-corrected chi connectivity index (χ2v) is 8.68.